The number of carbonyl (C=O) groups excluding carboxylic acids is 1. The summed E-state index contributed by atoms with van der Waals surface area (Å²) in [6.07, 6.45) is 1.15. The van der Waals surface area contributed by atoms with E-state index in [9.17, 15) is 14.7 Å². The van der Waals surface area contributed by atoms with Crippen LogP contribution in [-0.2, 0) is 4.79 Å². The zero-order valence-corrected chi connectivity index (χ0v) is 14.9. The summed E-state index contributed by atoms with van der Waals surface area (Å²) in [5, 5.41) is 12.2. The lowest BCUT2D eigenvalue weighted by Gasteiger charge is -2.31. The highest BCUT2D eigenvalue weighted by atomic mass is 79.9. The van der Waals surface area contributed by atoms with E-state index in [0.717, 1.165) is 14.5 Å². The molecule has 1 atom stereocenters. The highest BCUT2D eigenvalue weighted by Crippen LogP contribution is 2.34. The van der Waals surface area contributed by atoms with Gasteiger partial charge in [0.2, 0.25) is 0 Å². The molecule has 1 aromatic carbocycles. The highest BCUT2D eigenvalue weighted by Gasteiger charge is 2.46. The first-order valence-electron chi connectivity index (χ1n) is 6.53. The molecule has 1 aliphatic rings. The van der Waals surface area contributed by atoms with E-state index < -0.39 is 17.5 Å². The Labute approximate surface area is 140 Å². The first-order valence-corrected chi connectivity index (χ1v) is 8.12. The van der Waals surface area contributed by atoms with Gasteiger partial charge in [-0.2, -0.15) is 0 Å². The second-order valence-electron chi connectivity index (χ2n) is 5.37. The van der Waals surface area contributed by atoms with E-state index in [1.165, 1.54) is 4.90 Å². The second-order valence-corrected chi connectivity index (χ2v) is 7.08. The number of rotatable bonds is 2. The van der Waals surface area contributed by atoms with Gasteiger partial charge in [0.25, 0.3) is 0 Å². The minimum Gasteiger partial charge on any atom is -0.480 e. The highest BCUT2D eigenvalue weighted by molar-refractivity contribution is 9.11. The summed E-state index contributed by atoms with van der Waals surface area (Å²) >= 11 is 6.83. The quantitative estimate of drug-likeness (QED) is 0.761. The summed E-state index contributed by atoms with van der Waals surface area (Å²) in [6, 6.07) is 3.38. The molecule has 1 saturated heterocycles. The van der Waals surface area contributed by atoms with Crippen LogP contribution < -0.4 is 5.32 Å². The largest absolute Gasteiger partial charge is 0.480 e. The predicted octanol–water partition coefficient (Wildman–Crippen LogP) is 3.99. The number of aliphatic carboxylic acids is 1. The molecule has 0 spiro atoms. The Morgan fingerprint density at radius 2 is 1.90 bits per heavy atom. The number of urea groups is 1. The van der Waals surface area contributed by atoms with E-state index in [1.807, 2.05) is 19.1 Å². The first-order chi connectivity index (χ1) is 9.75. The van der Waals surface area contributed by atoms with Crippen molar-refractivity contribution >= 4 is 49.5 Å². The maximum absolute atomic E-state index is 12.4. The fourth-order valence-electron chi connectivity index (χ4n) is 2.50. The molecule has 0 aromatic heterocycles. The first kappa shape index (κ1) is 16.3. The average Bonchev–Trinajstić information content (AvgIpc) is 2.77. The van der Waals surface area contributed by atoms with Crippen molar-refractivity contribution in [1.29, 1.82) is 0 Å². The fraction of sp³-hybridized carbons (Fsp3) is 0.429. The smallest absolute Gasteiger partial charge is 0.329 e. The molecule has 5 nitrogen and oxygen atoms in total. The summed E-state index contributed by atoms with van der Waals surface area (Å²) in [6.45, 7) is 3.97. The summed E-state index contributed by atoms with van der Waals surface area (Å²) in [5.74, 6) is -0.975. The van der Waals surface area contributed by atoms with Crippen LogP contribution in [0.3, 0.4) is 0 Å². The molecule has 21 heavy (non-hydrogen) atoms. The van der Waals surface area contributed by atoms with Gasteiger partial charge in [0.05, 0.1) is 5.69 Å². The normalized spacial score (nSPS) is 21.4. The maximum atomic E-state index is 12.4. The van der Waals surface area contributed by atoms with E-state index in [0.29, 0.717) is 25.1 Å². The Hall–Kier alpha value is -1.08. The fourth-order valence-corrected chi connectivity index (χ4v) is 4.12. The number of nitrogens with zero attached hydrogens (tertiary/aromatic N) is 1. The summed E-state index contributed by atoms with van der Waals surface area (Å²) in [5.41, 5.74) is 0.502. The van der Waals surface area contributed by atoms with Crippen LogP contribution in [0.1, 0.15) is 25.3 Å². The molecule has 0 saturated carbocycles. The zero-order chi connectivity index (χ0) is 15.8. The molecule has 0 radical (unpaired) electrons. The van der Waals surface area contributed by atoms with Gasteiger partial charge >= 0.3 is 12.0 Å². The molecule has 1 aliphatic heterocycles. The molecule has 1 heterocycles. The van der Waals surface area contributed by atoms with Crippen molar-refractivity contribution in [2.45, 2.75) is 32.2 Å². The molecule has 1 aromatic rings. The van der Waals surface area contributed by atoms with Gasteiger partial charge in [0.1, 0.15) is 5.54 Å². The van der Waals surface area contributed by atoms with E-state index in [2.05, 4.69) is 37.2 Å². The monoisotopic (exact) mass is 418 g/mol. The average molecular weight is 420 g/mol. The van der Waals surface area contributed by atoms with E-state index in [1.54, 1.807) is 6.92 Å². The molecule has 2 rings (SSSR count). The molecular weight excluding hydrogens is 404 g/mol. The topological polar surface area (TPSA) is 69.6 Å². The van der Waals surface area contributed by atoms with Crippen LogP contribution in [0.4, 0.5) is 10.5 Å². The Balaban J connectivity index is 2.25. The lowest BCUT2D eigenvalue weighted by molar-refractivity contribution is -0.146. The molecule has 2 amide bonds. The van der Waals surface area contributed by atoms with E-state index in [-0.39, 0.29) is 0 Å². The molecule has 7 heteroatoms. The summed E-state index contributed by atoms with van der Waals surface area (Å²) < 4.78 is 1.50. The maximum Gasteiger partial charge on any atom is 0.329 e. The number of likely N-dealkylation sites (tertiary alicyclic amines) is 1. The number of amides is 2. The van der Waals surface area contributed by atoms with Crippen LogP contribution in [0.5, 0.6) is 0 Å². The van der Waals surface area contributed by atoms with Gasteiger partial charge in [-0.25, -0.2) is 9.59 Å². The summed E-state index contributed by atoms with van der Waals surface area (Å²) in [4.78, 5) is 25.2. The Morgan fingerprint density at radius 3 is 2.43 bits per heavy atom. The zero-order valence-electron chi connectivity index (χ0n) is 11.7. The molecule has 2 N–H and O–H groups in total. The molecule has 0 aliphatic carbocycles. The number of anilines is 1. The van der Waals surface area contributed by atoms with Crippen LogP contribution in [0, 0.1) is 6.92 Å². The van der Waals surface area contributed by atoms with Crippen LogP contribution >= 0.6 is 31.9 Å². The molecule has 1 unspecified atom stereocenters. The van der Waals surface area contributed by atoms with Crippen molar-refractivity contribution in [1.82, 2.24) is 4.90 Å². The molecule has 114 valence electrons. The number of aryl methyl sites for hydroxylation is 1. The van der Waals surface area contributed by atoms with Crippen LogP contribution in [0.2, 0.25) is 0 Å². The van der Waals surface area contributed by atoms with Crippen LogP contribution in [0.15, 0.2) is 21.1 Å². The van der Waals surface area contributed by atoms with Gasteiger partial charge in [-0.05, 0) is 76.2 Å². The van der Waals surface area contributed by atoms with Gasteiger partial charge in [-0.1, -0.05) is 0 Å². The van der Waals surface area contributed by atoms with E-state index >= 15 is 0 Å². The number of carboxylic acids is 1. The Kier molecular flexibility index (Phi) is 4.63. The number of hydrogen-bond acceptors (Lipinski definition) is 2. The third-order valence-electron chi connectivity index (χ3n) is 3.77. The van der Waals surface area contributed by atoms with Gasteiger partial charge in [-0.3, -0.25) is 0 Å². The number of carbonyl (C=O) groups is 2. The number of benzene rings is 1. The number of nitrogens with one attached hydrogen (secondary N) is 1. The standard InChI is InChI=1S/C14H16Br2N2O3/c1-8-6-9(15)11(10(16)7-8)17-13(21)18-5-3-4-14(18,2)12(19)20/h6-7H,3-5H2,1-2H3,(H,17,21)(H,19,20). The van der Waals surface area contributed by atoms with Gasteiger partial charge < -0.3 is 15.3 Å². The third-order valence-corrected chi connectivity index (χ3v) is 5.02. The van der Waals surface area contributed by atoms with Crippen molar-refractivity contribution in [3.63, 3.8) is 0 Å². The minimum absolute atomic E-state index is 0.400. The number of halogens is 2. The molecular formula is C14H16Br2N2O3. The van der Waals surface area contributed by atoms with Gasteiger partial charge in [-0.15, -0.1) is 0 Å². The van der Waals surface area contributed by atoms with Crippen molar-refractivity contribution in [2.24, 2.45) is 0 Å². The van der Waals surface area contributed by atoms with Gasteiger partial charge in [0.15, 0.2) is 0 Å². The second kappa shape index (κ2) is 5.96. The van der Waals surface area contributed by atoms with Gasteiger partial charge in [0, 0.05) is 15.5 Å². The molecule has 0 bridgehead atoms. The van der Waals surface area contributed by atoms with Crippen molar-refractivity contribution < 1.29 is 14.7 Å². The number of hydrogen-bond donors (Lipinski definition) is 2. The Bertz CT molecular complexity index is 583. The van der Waals surface area contributed by atoms with Crippen molar-refractivity contribution in [3.05, 3.63) is 26.6 Å². The van der Waals surface area contributed by atoms with Crippen LogP contribution in [0.25, 0.3) is 0 Å². The number of carboxylic acid groups (broad SMARTS) is 1. The SMILES string of the molecule is Cc1cc(Br)c(NC(=O)N2CCCC2(C)C(=O)O)c(Br)c1. The van der Waals surface area contributed by atoms with E-state index in [4.69, 9.17) is 0 Å². The summed E-state index contributed by atoms with van der Waals surface area (Å²) in [7, 11) is 0. The lowest BCUT2D eigenvalue weighted by Crippen LogP contribution is -2.52. The molecule has 1 fully saturated rings. The van der Waals surface area contributed by atoms with Crippen LogP contribution in [-0.4, -0.2) is 34.1 Å². The lowest BCUT2D eigenvalue weighted by atomic mass is 10.00. The predicted molar refractivity (Wildman–Crippen MR) is 87.6 cm³/mol. The Morgan fingerprint density at radius 1 is 1.33 bits per heavy atom. The van der Waals surface area contributed by atoms with Crippen molar-refractivity contribution in [2.75, 3.05) is 11.9 Å². The minimum atomic E-state index is -1.15. The van der Waals surface area contributed by atoms with Crippen molar-refractivity contribution in [3.8, 4) is 0 Å². The third kappa shape index (κ3) is 3.08.